The zero-order chi connectivity index (χ0) is 14.6. The average Bonchev–Trinajstić information content (AvgIpc) is 2.41. The third-order valence-corrected chi connectivity index (χ3v) is 3.61. The molecule has 0 spiro atoms. The molecule has 0 amide bonds. The van der Waals surface area contributed by atoms with Gasteiger partial charge in [-0.05, 0) is 25.2 Å². The number of hydrogen-bond donors (Lipinski definition) is 1. The van der Waals surface area contributed by atoms with Crippen LogP contribution in [0.3, 0.4) is 0 Å². The molecule has 1 aromatic carbocycles. The van der Waals surface area contributed by atoms with Crippen molar-refractivity contribution in [1.29, 1.82) is 0 Å². The third-order valence-electron chi connectivity index (χ3n) is 2.50. The molecule has 0 radical (unpaired) electrons. The van der Waals surface area contributed by atoms with Crippen molar-refractivity contribution in [2.45, 2.75) is 11.4 Å². The summed E-state index contributed by atoms with van der Waals surface area (Å²) >= 11 is 0. The van der Waals surface area contributed by atoms with E-state index in [-0.39, 0.29) is 4.90 Å². The van der Waals surface area contributed by atoms with Gasteiger partial charge in [0.05, 0.1) is 23.0 Å². The number of aromatic nitrogens is 2. The number of nitrogens with zero attached hydrogens (tertiary/aromatic N) is 2. The van der Waals surface area contributed by atoms with Crippen molar-refractivity contribution in [2.75, 3.05) is 13.3 Å². The van der Waals surface area contributed by atoms with Gasteiger partial charge >= 0.3 is 0 Å². The molecule has 7 heteroatoms. The van der Waals surface area contributed by atoms with Gasteiger partial charge in [0.2, 0.25) is 5.88 Å². The van der Waals surface area contributed by atoms with E-state index in [0.29, 0.717) is 18.2 Å². The highest BCUT2D eigenvalue weighted by atomic mass is 32.2. The quantitative estimate of drug-likeness (QED) is 0.897. The Morgan fingerprint density at radius 3 is 2.65 bits per heavy atom. The standard InChI is InChI=1S/C13H15N3O3S/c1-14-7-10-8-16-13(9-15-10)19-11-4-3-5-12(6-11)20(2,17)18/h3-6,8-9,14H,7H2,1-2H3. The summed E-state index contributed by atoms with van der Waals surface area (Å²) in [5.74, 6) is 0.721. The number of benzene rings is 1. The Morgan fingerprint density at radius 1 is 1.25 bits per heavy atom. The van der Waals surface area contributed by atoms with E-state index in [2.05, 4.69) is 15.3 Å². The van der Waals surface area contributed by atoms with E-state index >= 15 is 0 Å². The molecule has 0 unspecified atom stereocenters. The molecule has 2 rings (SSSR count). The summed E-state index contributed by atoms with van der Waals surface area (Å²) < 4.78 is 28.4. The largest absolute Gasteiger partial charge is 0.437 e. The maximum atomic E-state index is 11.5. The molecule has 0 atom stereocenters. The second-order valence-corrected chi connectivity index (χ2v) is 6.24. The highest BCUT2D eigenvalue weighted by Gasteiger charge is 2.08. The molecule has 20 heavy (non-hydrogen) atoms. The van der Waals surface area contributed by atoms with E-state index in [9.17, 15) is 8.42 Å². The first-order valence-corrected chi connectivity index (χ1v) is 7.81. The van der Waals surface area contributed by atoms with Crippen LogP contribution in [0.2, 0.25) is 0 Å². The topological polar surface area (TPSA) is 81.2 Å². The van der Waals surface area contributed by atoms with Crippen molar-refractivity contribution in [2.24, 2.45) is 0 Å². The second kappa shape index (κ2) is 5.98. The zero-order valence-electron chi connectivity index (χ0n) is 11.2. The molecule has 0 saturated heterocycles. The Kier molecular flexibility index (Phi) is 4.31. The molecule has 2 aromatic rings. The van der Waals surface area contributed by atoms with Crippen LogP contribution >= 0.6 is 0 Å². The van der Waals surface area contributed by atoms with Crippen LogP contribution in [0, 0.1) is 0 Å². The lowest BCUT2D eigenvalue weighted by atomic mass is 10.3. The van der Waals surface area contributed by atoms with Gasteiger partial charge in [0.15, 0.2) is 9.84 Å². The summed E-state index contributed by atoms with van der Waals surface area (Å²) in [5, 5.41) is 2.97. The van der Waals surface area contributed by atoms with Crippen LogP contribution < -0.4 is 10.1 Å². The molecule has 1 aromatic heterocycles. The Bertz CT molecular complexity index is 684. The van der Waals surface area contributed by atoms with Gasteiger partial charge in [-0.2, -0.15) is 0 Å². The maximum absolute atomic E-state index is 11.5. The maximum Gasteiger partial charge on any atom is 0.237 e. The van der Waals surface area contributed by atoms with Crippen LogP contribution in [-0.2, 0) is 16.4 Å². The number of nitrogens with one attached hydrogen (secondary N) is 1. The summed E-state index contributed by atoms with van der Waals surface area (Å²) in [5.41, 5.74) is 0.796. The zero-order valence-corrected chi connectivity index (χ0v) is 12.0. The minimum absolute atomic E-state index is 0.203. The van der Waals surface area contributed by atoms with Crippen molar-refractivity contribution in [3.63, 3.8) is 0 Å². The summed E-state index contributed by atoms with van der Waals surface area (Å²) in [4.78, 5) is 8.48. The predicted molar refractivity (Wildman–Crippen MR) is 74.4 cm³/mol. The first-order valence-electron chi connectivity index (χ1n) is 5.92. The molecule has 106 valence electrons. The molecular weight excluding hydrogens is 278 g/mol. The van der Waals surface area contributed by atoms with E-state index in [0.717, 1.165) is 11.9 Å². The van der Waals surface area contributed by atoms with Gasteiger partial charge < -0.3 is 10.1 Å². The normalized spacial score (nSPS) is 11.3. The summed E-state index contributed by atoms with van der Waals surface area (Å²) in [7, 11) is -1.43. The second-order valence-electron chi connectivity index (χ2n) is 4.23. The van der Waals surface area contributed by atoms with Gasteiger partial charge in [-0.3, -0.25) is 4.98 Å². The first kappa shape index (κ1) is 14.4. The molecule has 6 nitrogen and oxygen atoms in total. The number of sulfone groups is 1. The average molecular weight is 293 g/mol. The van der Waals surface area contributed by atoms with E-state index in [1.807, 2.05) is 7.05 Å². The molecule has 0 fully saturated rings. The van der Waals surface area contributed by atoms with Gasteiger partial charge in [-0.1, -0.05) is 6.07 Å². The van der Waals surface area contributed by atoms with Crippen LogP contribution in [0.1, 0.15) is 5.69 Å². The van der Waals surface area contributed by atoms with Crippen LogP contribution in [0.5, 0.6) is 11.6 Å². The van der Waals surface area contributed by atoms with Crippen molar-refractivity contribution in [3.8, 4) is 11.6 Å². The fourth-order valence-electron chi connectivity index (χ4n) is 1.56. The Balaban J connectivity index is 2.17. The molecule has 0 aliphatic rings. The predicted octanol–water partition coefficient (Wildman–Crippen LogP) is 1.39. The molecule has 0 saturated carbocycles. The third kappa shape index (κ3) is 3.75. The van der Waals surface area contributed by atoms with E-state index in [1.165, 1.54) is 18.3 Å². The monoisotopic (exact) mass is 293 g/mol. The first-order chi connectivity index (χ1) is 9.49. The lowest BCUT2D eigenvalue weighted by Crippen LogP contribution is -2.07. The van der Waals surface area contributed by atoms with E-state index < -0.39 is 9.84 Å². The fourth-order valence-corrected chi connectivity index (χ4v) is 2.21. The Morgan fingerprint density at radius 2 is 2.05 bits per heavy atom. The minimum Gasteiger partial charge on any atom is -0.437 e. The summed E-state index contributed by atoms with van der Waals surface area (Å²) in [6.07, 6.45) is 4.25. The lowest BCUT2D eigenvalue weighted by Gasteiger charge is -2.06. The molecule has 0 aliphatic heterocycles. The van der Waals surface area contributed by atoms with Crippen LogP contribution in [0.25, 0.3) is 0 Å². The molecule has 0 bridgehead atoms. The summed E-state index contributed by atoms with van der Waals surface area (Å²) in [6.45, 7) is 0.622. The van der Waals surface area contributed by atoms with Crippen molar-refractivity contribution < 1.29 is 13.2 Å². The number of rotatable bonds is 5. The van der Waals surface area contributed by atoms with Crippen molar-refractivity contribution >= 4 is 9.84 Å². The molecule has 1 heterocycles. The highest BCUT2D eigenvalue weighted by molar-refractivity contribution is 7.90. The SMILES string of the molecule is CNCc1cnc(Oc2cccc(S(C)(=O)=O)c2)cn1. The van der Waals surface area contributed by atoms with Crippen LogP contribution in [0.15, 0.2) is 41.6 Å². The highest BCUT2D eigenvalue weighted by Crippen LogP contribution is 2.22. The van der Waals surface area contributed by atoms with Gasteiger partial charge in [0, 0.05) is 12.8 Å². The lowest BCUT2D eigenvalue weighted by molar-refractivity contribution is 0.457. The van der Waals surface area contributed by atoms with Crippen molar-refractivity contribution in [1.82, 2.24) is 15.3 Å². The van der Waals surface area contributed by atoms with E-state index in [1.54, 1.807) is 18.3 Å². The number of ether oxygens (including phenoxy) is 1. The molecular formula is C13H15N3O3S. The van der Waals surface area contributed by atoms with Gasteiger partial charge in [0.25, 0.3) is 0 Å². The minimum atomic E-state index is -3.26. The smallest absolute Gasteiger partial charge is 0.237 e. The molecule has 0 aliphatic carbocycles. The molecule has 1 N–H and O–H groups in total. The summed E-state index contributed by atoms with van der Waals surface area (Å²) in [6, 6.07) is 6.26. The van der Waals surface area contributed by atoms with Gasteiger partial charge in [-0.25, -0.2) is 13.4 Å². The van der Waals surface area contributed by atoms with Crippen LogP contribution in [0.4, 0.5) is 0 Å². The van der Waals surface area contributed by atoms with E-state index in [4.69, 9.17) is 4.74 Å². The fraction of sp³-hybridized carbons (Fsp3) is 0.231. The number of hydrogen-bond acceptors (Lipinski definition) is 6. The van der Waals surface area contributed by atoms with Gasteiger partial charge in [0.1, 0.15) is 5.75 Å². The Hall–Kier alpha value is -1.99. The Labute approximate surface area is 117 Å². The van der Waals surface area contributed by atoms with Crippen molar-refractivity contribution in [3.05, 3.63) is 42.4 Å². The van der Waals surface area contributed by atoms with Crippen LogP contribution in [-0.4, -0.2) is 31.7 Å². The van der Waals surface area contributed by atoms with Gasteiger partial charge in [-0.15, -0.1) is 0 Å².